The van der Waals surface area contributed by atoms with Crippen LogP contribution in [0.2, 0.25) is 10.0 Å². The van der Waals surface area contributed by atoms with Crippen LogP contribution in [0.5, 0.6) is 0 Å². The predicted octanol–water partition coefficient (Wildman–Crippen LogP) is 1.67. The Morgan fingerprint density at radius 3 is 2.79 bits per heavy atom. The van der Waals surface area contributed by atoms with Gasteiger partial charge in [-0.2, -0.15) is 5.10 Å². The largest absolute Gasteiger partial charge is 0.383 e. The molecule has 1 aromatic heterocycles. The Hall–Kier alpha value is -2.09. The maximum atomic E-state index is 12.0. The minimum Gasteiger partial charge on any atom is -0.383 e. The Labute approximate surface area is 148 Å². The Morgan fingerprint density at radius 2 is 2.08 bits per heavy atom. The number of carbonyl (C=O) groups excluding carboxylic acids is 2. The zero-order valence-corrected chi connectivity index (χ0v) is 14.4. The summed E-state index contributed by atoms with van der Waals surface area (Å²) in [5.74, 6) is -0.707. The van der Waals surface area contributed by atoms with Crippen molar-refractivity contribution in [3.05, 3.63) is 46.2 Å². The van der Waals surface area contributed by atoms with Gasteiger partial charge in [0.05, 0.1) is 35.6 Å². The van der Waals surface area contributed by atoms with Crippen molar-refractivity contribution in [1.29, 1.82) is 0 Å². The molecule has 0 radical (unpaired) electrons. The second kappa shape index (κ2) is 8.68. The minimum absolute atomic E-state index is 0.130. The van der Waals surface area contributed by atoms with Gasteiger partial charge in [-0.15, -0.1) is 0 Å². The Morgan fingerprint density at radius 1 is 1.29 bits per heavy atom. The molecule has 0 unspecified atom stereocenters. The lowest BCUT2D eigenvalue weighted by atomic mass is 10.3. The Balaban J connectivity index is 1.95. The molecule has 1 heterocycles. The smallest absolute Gasteiger partial charge is 0.254 e. The molecule has 0 saturated heterocycles. The average molecular weight is 371 g/mol. The van der Waals surface area contributed by atoms with Crippen molar-refractivity contribution < 1.29 is 14.3 Å². The van der Waals surface area contributed by atoms with Gasteiger partial charge in [0.1, 0.15) is 0 Å². The molecule has 2 amide bonds. The van der Waals surface area contributed by atoms with Crippen LogP contribution in [-0.4, -0.2) is 48.4 Å². The van der Waals surface area contributed by atoms with Crippen molar-refractivity contribution in [2.24, 2.45) is 0 Å². The van der Waals surface area contributed by atoms with Gasteiger partial charge < -0.3 is 15.4 Å². The van der Waals surface area contributed by atoms with E-state index in [1.807, 2.05) is 0 Å². The van der Waals surface area contributed by atoms with Crippen LogP contribution in [0.4, 0.5) is 0 Å². The van der Waals surface area contributed by atoms with Crippen molar-refractivity contribution in [2.45, 2.75) is 0 Å². The summed E-state index contributed by atoms with van der Waals surface area (Å²) in [6.45, 7) is 0.669. The van der Waals surface area contributed by atoms with Crippen LogP contribution in [0.1, 0.15) is 10.4 Å². The number of nitrogens with one attached hydrogen (secondary N) is 2. The first kappa shape index (κ1) is 18.3. The molecule has 2 rings (SSSR count). The Bertz CT molecular complexity index is 733. The lowest BCUT2D eigenvalue weighted by Crippen LogP contribution is -2.38. The molecule has 0 aliphatic carbocycles. The molecule has 24 heavy (non-hydrogen) atoms. The second-order valence-electron chi connectivity index (χ2n) is 4.79. The van der Waals surface area contributed by atoms with Crippen LogP contribution < -0.4 is 10.6 Å². The number of ether oxygens (including phenoxy) is 1. The molecular weight excluding hydrogens is 355 g/mol. The molecule has 0 saturated carbocycles. The Kier molecular flexibility index (Phi) is 6.60. The van der Waals surface area contributed by atoms with E-state index < -0.39 is 5.91 Å². The predicted molar refractivity (Wildman–Crippen MR) is 90.8 cm³/mol. The third-order valence-electron chi connectivity index (χ3n) is 3.04. The number of nitrogens with zero attached hydrogens (tertiary/aromatic N) is 2. The highest BCUT2D eigenvalue weighted by Crippen LogP contribution is 2.24. The van der Waals surface area contributed by atoms with E-state index in [1.165, 1.54) is 17.1 Å². The molecule has 9 heteroatoms. The third-order valence-corrected chi connectivity index (χ3v) is 3.58. The molecule has 7 nitrogen and oxygen atoms in total. The van der Waals surface area contributed by atoms with E-state index in [0.29, 0.717) is 34.4 Å². The summed E-state index contributed by atoms with van der Waals surface area (Å²) in [6, 6.07) is 4.96. The molecule has 0 spiro atoms. The van der Waals surface area contributed by atoms with Crippen molar-refractivity contribution in [2.75, 3.05) is 26.8 Å². The van der Waals surface area contributed by atoms with Gasteiger partial charge in [0.2, 0.25) is 5.91 Å². The number of benzene rings is 1. The van der Waals surface area contributed by atoms with Crippen molar-refractivity contribution >= 4 is 35.0 Å². The quantitative estimate of drug-likeness (QED) is 0.726. The summed E-state index contributed by atoms with van der Waals surface area (Å²) in [7, 11) is 1.54. The number of carbonyl (C=O) groups is 2. The zero-order chi connectivity index (χ0) is 17.5. The summed E-state index contributed by atoms with van der Waals surface area (Å²) in [5.41, 5.74) is 0.906. The average Bonchev–Trinajstić information content (AvgIpc) is 3.02. The first-order valence-corrected chi connectivity index (χ1v) is 7.81. The number of rotatable bonds is 7. The van der Waals surface area contributed by atoms with Gasteiger partial charge in [0.25, 0.3) is 5.91 Å². The molecule has 128 valence electrons. The van der Waals surface area contributed by atoms with Crippen molar-refractivity contribution in [1.82, 2.24) is 20.4 Å². The van der Waals surface area contributed by atoms with Gasteiger partial charge in [-0.3, -0.25) is 9.59 Å². The number of hydrogen-bond donors (Lipinski definition) is 2. The van der Waals surface area contributed by atoms with Gasteiger partial charge in [-0.05, 0) is 18.2 Å². The normalized spacial score (nSPS) is 10.5. The van der Waals surface area contributed by atoms with E-state index in [2.05, 4.69) is 15.7 Å². The molecule has 0 fully saturated rings. The van der Waals surface area contributed by atoms with E-state index in [4.69, 9.17) is 27.9 Å². The highest BCUT2D eigenvalue weighted by molar-refractivity contribution is 6.35. The van der Waals surface area contributed by atoms with Crippen LogP contribution in [0, 0.1) is 0 Å². The van der Waals surface area contributed by atoms with Crippen LogP contribution >= 0.6 is 23.2 Å². The summed E-state index contributed by atoms with van der Waals surface area (Å²) >= 11 is 12.0. The van der Waals surface area contributed by atoms with Crippen molar-refractivity contribution in [3.8, 4) is 5.69 Å². The zero-order valence-electron chi connectivity index (χ0n) is 12.9. The van der Waals surface area contributed by atoms with E-state index in [-0.39, 0.29) is 12.5 Å². The maximum Gasteiger partial charge on any atom is 0.254 e. The van der Waals surface area contributed by atoms with Gasteiger partial charge in [0.15, 0.2) is 0 Å². The minimum atomic E-state index is -0.409. The monoisotopic (exact) mass is 370 g/mol. The highest BCUT2D eigenvalue weighted by Gasteiger charge is 2.12. The molecule has 0 atom stereocenters. The number of amides is 2. The molecule has 2 N–H and O–H groups in total. The molecule has 0 aliphatic heterocycles. The summed E-state index contributed by atoms with van der Waals surface area (Å²) in [6.07, 6.45) is 2.91. The van der Waals surface area contributed by atoms with Crippen LogP contribution in [0.3, 0.4) is 0 Å². The maximum absolute atomic E-state index is 12.0. The van der Waals surface area contributed by atoms with Crippen molar-refractivity contribution in [3.63, 3.8) is 0 Å². The van der Waals surface area contributed by atoms with E-state index >= 15 is 0 Å². The fourth-order valence-electron chi connectivity index (χ4n) is 1.86. The summed E-state index contributed by atoms with van der Waals surface area (Å²) < 4.78 is 6.28. The van der Waals surface area contributed by atoms with E-state index in [0.717, 1.165) is 0 Å². The summed E-state index contributed by atoms with van der Waals surface area (Å²) in [5, 5.41) is 10.1. The van der Waals surface area contributed by atoms with Gasteiger partial charge in [-0.25, -0.2) is 4.68 Å². The summed E-state index contributed by atoms with van der Waals surface area (Å²) in [4.78, 5) is 23.6. The first-order chi connectivity index (χ1) is 11.5. The van der Waals surface area contributed by atoms with E-state index in [1.54, 1.807) is 25.3 Å². The lowest BCUT2D eigenvalue weighted by Gasteiger charge is -2.06. The lowest BCUT2D eigenvalue weighted by molar-refractivity contribution is -0.120. The number of hydrogen-bond acceptors (Lipinski definition) is 4. The third kappa shape index (κ3) is 4.95. The first-order valence-electron chi connectivity index (χ1n) is 7.05. The molecule has 0 bridgehead atoms. The molecule has 1 aromatic carbocycles. The highest BCUT2D eigenvalue weighted by atomic mass is 35.5. The number of methoxy groups -OCH3 is 1. The number of aromatic nitrogens is 2. The van der Waals surface area contributed by atoms with Gasteiger partial charge in [-0.1, -0.05) is 23.2 Å². The van der Waals surface area contributed by atoms with E-state index in [9.17, 15) is 9.59 Å². The fourth-order valence-corrected chi connectivity index (χ4v) is 2.35. The standard InChI is InChI=1S/C15H16Cl2N4O3/c1-24-5-4-18-14(22)8-19-15(23)10-7-20-21(9-10)13-3-2-11(16)6-12(13)17/h2-3,6-7,9H,4-5,8H2,1H3,(H,18,22)(H,19,23). The second-order valence-corrected chi connectivity index (χ2v) is 5.64. The van der Waals surface area contributed by atoms with Crippen LogP contribution in [0.15, 0.2) is 30.6 Å². The van der Waals surface area contributed by atoms with Gasteiger partial charge >= 0.3 is 0 Å². The molecule has 0 aliphatic rings. The van der Waals surface area contributed by atoms with Gasteiger partial charge in [0, 0.05) is 24.9 Å². The topological polar surface area (TPSA) is 85.2 Å². The fraction of sp³-hybridized carbons (Fsp3) is 0.267. The molecule has 2 aromatic rings. The van der Waals surface area contributed by atoms with Crippen LogP contribution in [-0.2, 0) is 9.53 Å². The SMILES string of the molecule is COCCNC(=O)CNC(=O)c1cnn(-c2ccc(Cl)cc2Cl)c1. The van der Waals surface area contributed by atoms with Crippen LogP contribution in [0.25, 0.3) is 5.69 Å². The molecular formula is C15H16Cl2N4O3. The number of halogens is 2.